The van der Waals surface area contributed by atoms with Gasteiger partial charge in [-0.1, -0.05) is 48.0 Å². The molecule has 0 aliphatic rings. The van der Waals surface area contributed by atoms with E-state index in [-0.39, 0.29) is 0 Å². The van der Waals surface area contributed by atoms with Gasteiger partial charge in [0.2, 0.25) is 0 Å². The third-order valence-corrected chi connectivity index (χ3v) is 4.53. The highest BCUT2D eigenvalue weighted by molar-refractivity contribution is 6.31. The van der Waals surface area contributed by atoms with Crippen LogP contribution in [0.15, 0.2) is 54.7 Å². The highest BCUT2D eigenvalue weighted by atomic mass is 35.5. The van der Waals surface area contributed by atoms with Gasteiger partial charge in [0.1, 0.15) is 5.82 Å². The Kier molecular flexibility index (Phi) is 5.23. The van der Waals surface area contributed by atoms with Crippen molar-refractivity contribution >= 4 is 17.7 Å². The Morgan fingerprint density at radius 1 is 1.23 bits per heavy atom. The standard InChI is InChI=1S/C19H17ClFN3O2/c1-24-18(14(11-22-24)13-7-3-5-9-16(13)21)17(23-19(25)26)10-12-6-2-4-8-15(12)20/h2-9,11,17,23H,10H2,1H3,(H,25,26)/t17-/m0/s1. The Hall–Kier alpha value is -2.86. The van der Waals surface area contributed by atoms with Gasteiger partial charge in [-0.2, -0.15) is 5.10 Å². The van der Waals surface area contributed by atoms with Crippen LogP contribution in [-0.2, 0) is 13.5 Å². The van der Waals surface area contributed by atoms with Gasteiger partial charge in [0.15, 0.2) is 0 Å². The van der Waals surface area contributed by atoms with E-state index in [1.165, 1.54) is 12.3 Å². The number of hydrogen-bond donors (Lipinski definition) is 2. The number of nitrogens with one attached hydrogen (secondary N) is 1. The van der Waals surface area contributed by atoms with Gasteiger partial charge in [0.05, 0.1) is 17.9 Å². The summed E-state index contributed by atoms with van der Waals surface area (Å²) in [6.45, 7) is 0. The number of nitrogens with zero attached hydrogens (tertiary/aromatic N) is 2. The lowest BCUT2D eigenvalue weighted by molar-refractivity contribution is 0.189. The molecule has 1 heterocycles. The van der Waals surface area contributed by atoms with Gasteiger partial charge in [-0.15, -0.1) is 0 Å². The minimum Gasteiger partial charge on any atom is -0.465 e. The van der Waals surface area contributed by atoms with Crippen LogP contribution in [-0.4, -0.2) is 21.0 Å². The summed E-state index contributed by atoms with van der Waals surface area (Å²) in [7, 11) is 1.70. The quantitative estimate of drug-likeness (QED) is 0.695. The summed E-state index contributed by atoms with van der Waals surface area (Å²) in [4.78, 5) is 11.4. The van der Waals surface area contributed by atoms with Gasteiger partial charge in [-0.3, -0.25) is 4.68 Å². The van der Waals surface area contributed by atoms with E-state index >= 15 is 0 Å². The molecule has 2 aromatic carbocycles. The zero-order chi connectivity index (χ0) is 18.7. The number of carbonyl (C=O) groups is 1. The first-order chi connectivity index (χ1) is 12.5. The van der Waals surface area contributed by atoms with Gasteiger partial charge >= 0.3 is 6.09 Å². The number of hydrogen-bond acceptors (Lipinski definition) is 2. The van der Waals surface area contributed by atoms with E-state index in [9.17, 15) is 14.3 Å². The molecule has 2 N–H and O–H groups in total. The molecule has 0 bridgehead atoms. The molecule has 0 saturated carbocycles. The Balaban J connectivity index is 2.08. The summed E-state index contributed by atoms with van der Waals surface area (Å²) in [5.74, 6) is -0.395. The Labute approximate surface area is 155 Å². The predicted molar refractivity (Wildman–Crippen MR) is 97.7 cm³/mol. The van der Waals surface area contributed by atoms with Crippen molar-refractivity contribution in [2.75, 3.05) is 0 Å². The average Bonchev–Trinajstić information content (AvgIpc) is 2.97. The maximum atomic E-state index is 14.3. The molecule has 134 valence electrons. The van der Waals surface area contributed by atoms with E-state index in [0.29, 0.717) is 28.3 Å². The van der Waals surface area contributed by atoms with Gasteiger partial charge in [0, 0.05) is 23.2 Å². The predicted octanol–water partition coefficient (Wildman–Crippen LogP) is 4.43. The fraction of sp³-hybridized carbons (Fsp3) is 0.158. The molecule has 0 aliphatic carbocycles. The molecule has 0 spiro atoms. The highest BCUT2D eigenvalue weighted by Gasteiger charge is 2.24. The summed E-state index contributed by atoms with van der Waals surface area (Å²) >= 11 is 6.23. The second-order valence-electron chi connectivity index (χ2n) is 5.84. The van der Waals surface area contributed by atoms with Crippen molar-refractivity contribution in [3.05, 3.63) is 76.8 Å². The SMILES string of the molecule is Cn1ncc(-c2ccccc2F)c1[C@H](Cc1ccccc1Cl)NC(=O)O. The van der Waals surface area contributed by atoms with Crippen molar-refractivity contribution in [1.82, 2.24) is 15.1 Å². The van der Waals surface area contributed by atoms with Crippen LogP contribution in [0.3, 0.4) is 0 Å². The molecular formula is C19H17ClFN3O2. The summed E-state index contributed by atoms with van der Waals surface area (Å²) < 4.78 is 15.8. The molecule has 26 heavy (non-hydrogen) atoms. The van der Waals surface area contributed by atoms with Crippen LogP contribution in [0.1, 0.15) is 17.3 Å². The first kappa shape index (κ1) is 17.9. The smallest absolute Gasteiger partial charge is 0.405 e. The lowest BCUT2D eigenvalue weighted by atomic mass is 9.97. The fourth-order valence-corrected chi connectivity index (χ4v) is 3.21. The van der Waals surface area contributed by atoms with E-state index in [1.807, 2.05) is 12.1 Å². The molecule has 0 radical (unpaired) electrons. The zero-order valence-electron chi connectivity index (χ0n) is 14.0. The number of aromatic nitrogens is 2. The molecular weight excluding hydrogens is 357 g/mol. The summed E-state index contributed by atoms with van der Waals surface area (Å²) in [6, 6.07) is 12.9. The molecule has 0 fully saturated rings. The molecule has 3 rings (SSSR count). The summed E-state index contributed by atoms with van der Waals surface area (Å²) in [5, 5.41) is 16.5. The van der Waals surface area contributed by atoms with Crippen LogP contribution in [0, 0.1) is 5.82 Å². The average molecular weight is 374 g/mol. The van der Waals surface area contributed by atoms with Gasteiger partial charge < -0.3 is 10.4 Å². The van der Waals surface area contributed by atoms with Crippen molar-refractivity contribution in [3.8, 4) is 11.1 Å². The van der Waals surface area contributed by atoms with Crippen LogP contribution in [0.2, 0.25) is 5.02 Å². The second kappa shape index (κ2) is 7.58. The van der Waals surface area contributed by atoms with Gasteiger partial charge in [-0.25, -0.2) is 9.18 Å². The van der Waals surface area contributed by atoms with Crippen molar-refractivity contribution in [1.29, 1.82) is 0 Å². The lowest BCUT2D eigenvalue weighted by Gasteiger charge is -2.20. The zero-order valence-corrected chi connectivity index (χ0v) is 14.7. The van der Waals surface area contributed by atoms with Crippen LogP contribution in [0.5, 0.6) is 0 Å². The number of carboxylic acid groups (broad SMARTS) is 1. The van der Waals surface area contributed by atoms with Crippen LogP contribution >= 0.6 is 11.6 Å². The van der Waals surface area contributed by atoms with E-state index < -0.39 is 18.0 Å². The van der Waals surface area contributed by atoms with Crippen LogP contribution in [0.4, 0.5) is 9.18 Å². The molecule has 3 aromatic rings. The van der Waals surface area contributed by atoms with E-state index in [4.69, 9.17) is 11.6 Å². The largest absolute Gasteiger partial charge is 0.465 e. The minimum absolute atomic E-state index is 0.312. The monoisotopic (exact) mass is 373 g/mol. The third kappa shape index (κ3) is 3.70. The molecule has 7 heteroatoms. The van der Waals surface area contributed by atoms with Gasteiger partial charge in [-0.05, 0) is 24.1 Å². The van der Waals surface area contributed by atoms with Crippen molar-refractivity contribution in [3.63, 3.8) is 0 Å². The number of benzene rings is 2. The van der Waals surface area contributed by atoms with E-state index in [1.54, 1.807) is 42.1 Å². The van der Waals surface area contributed by atoms with Crippen molar-refractivity contribution in [2.45, 2.75) is 12.5 Å². The number of aryl methyl sites for hydroxylation is 1. The normalized spacial score (nSPS) is 12.0. The van der Waals surface area contributed by atoms with Crippen molar-refractivity contribution in [2.24, 2.45) is 7.05 Å². The molecule has 0 aliphatic heterocycles. The second-order valence-corrected chi connectivity index (χ2v) is 6.25. The Bertz CT molecular complexity index is 942. The third-order valence-electron chi connectivity index (χ3n) is 4.16. The number of amides is 1. The molecule has 5 nitrogen and oxygen atoms in total. The van der Waals surface area contributed by atoms with Gasteiger partial charge in [0.25, 0.3) is 0 Å². The molecule has 1 aromatic heterocycles. The van der Waals surface area contributed by atoms with E-state index in [0.717, 1.165) is 5.56 Å². The Morgan fingerprint density at radius 3 is 2.62 bits per heavy atom. The molecule has 1 amide bonds. The summed E-state index contributed by atoms with van der Waals surface area (Å²) in [6.07, 6.45) is 0.673. The van der Waals surface area contributed by atoms with E-state index in [2.05, 4.69) is 10.4 Å². The first-order valence-corrected chi connectivity index (χ1v) is 8.35. The first-order valence-electron chi connectivity index (χ1n) is 7.97. The maximum absolute atomic E-state index is 14.3. The van der Waals surface area contributed by atoms with Crippen LogP contribution < -0.4 is 5.32 Å². The van der Waals surface area contributed by atoms with Crippen molar-refractivity contribution < 1.29 is 14.3 Å². The van der Waals surface area contributed by atoms with Crippen LogP contribution in [0.25, 0.3) is 11.1 Å². The fourth-order valence-electron chi connectivity index (χ4n) is 3.00. The Morgan fingerprint density at radius 2 is 1.92 bits per heavy atom. The maximum Gasteiger partial charge on any atom is 0.405 e. The topological polar surface area (TPSA) is 67.2 Å². The summed E-state index contributed by atoms with van der Waals surface area (Å²) in [5.41, 5.74) is 2.26. The number of rotatable bonds is 5. The lowest BCUT2D eigenvalue weighted by Crippen LogP contribution is -2.30. The highest BCUT2D eigenvalue weighted by Crippen LogP contribution is 2.32. The molecule has 0 saturated heterocycles. The number of halogens is 2. The molecule has 0 unspecified atom stereocenters. The minimum atomic E-state index is -1.18. The molecule has 1 atom stereocenters.